The Morgan fingerprint density at radius 1 is 1.24 bits per heavy atom. The number of benzene rings is 2. The lowest BCUT2D eigenvalue weighted by molar-refractivity contribution is 0.190. The van der Waals surface area contributed by atoms with Crippen LogP contribution in [-0.2, 0) is 6.61 Å². The van der Waals surface area contributed by atoms with Gasteiger partial charge < -0.3 is 14.4 Å². The molecule has 0 aliphatic heterocycles. The molecular weight excluding hydrogens is 266 g/mol. The number of ether oxygens (including phenoxy) is 1. The van der Waals surface area contributed by atoms with Crippen LogP contribution in [0.15, 0.2) is 47.0 Å². The van der Waals surface area contributed by atoms with Crippen molar-refractivity contribution >= 4 is 10.8 Å². The number of aliphatic hydroxyl groups is 1. The number of aliphatic hydroxyl groups excluding tert-OH is 1. The predicted octanol–water partition coefficient (Wildman–Crippen LogP) is 3.77. The summed E-state index contributed by atoms with van der Waals surface area (Å²) in [5, 5.41) is 15.9. The van der Waals surface area contributed by atoms with E-state index < -0.39 is 6.10 Å². The first-order valence-electron chi connectivity index (χ1n) is 6.90. The van der Waals surface area contributed by atoms with E-state index in [2.05, 4.69) is 5.16 Å². The first-order valence-corrected chi connectivity index (χ1v) is 6.90. The van der Waals surface area contributed by atoms with Crippen LogP contribution in [0.3, 0.4) is 0 Å². The van der Waals surface area contributed by atoms with Crippen LogP contribution in [0, 0.1) is 6.92 Å². The van der Waals surface area contributed by atoms with Gasteiger partial charge in [0.15, 0.2) is 0 Å². The van der Waals surface area contributed by atoms with Crippen molar-refractivity contribution in [3.05, 3.63) is 59.5 Å². The van der Waals surface area contributed by atoms with Crippen LogP contribution in [0.25, 0.3) is 10.8 Å². The predicted molar refractivity (Wildman–Crippen MR) is 80.2 cm³/mol. The van der Waals surface area contributed by atoms with Crippen LogP contribution in [0.1, 0.15) is 30.0 Å². The molecule has 0 unspecified atom stereocenters. The van der Waals surface area contributed by atoms with Gasteiger partial charge >= 0.3 is 0 Å². The standard InChI is InChI=1S/C17H17NO3/c1-11-9-14(18-21-11)10-20-17-15(12(2)19)8-7-13-5-3-4-6-16(13)17/h3-9,12,19H,10H2,1-2H3/t12-/m0/s1. The molecule has 1 aromatic heterocycles. The first kappa shape index (κ1) is 13.6. The summed E-state index contributed by atoms with van der Waals surface area (Å²) in [6.45, 7) is 3.89. The zero-order valence-corrected chi connectivity index (χ0v) is 12.0. The third kappa shape index (κ3) is 2.76. The zero-order chi connectivity index (χ0) is 14.8. The second-order valence-corrected chi connectivity index (χ2v) is 5.10. The maximum absolute atomic E-state index is 9.95. The van der Waals surface area contributed by atoms with Gasteiger partial charge in [-0.2, -0.15) is 0 Å². The Kier molecular flexibility index (Phi) is 3.62. The fraction of sp³-hybridized carbons (Fsp3) is 0.235. The quantitative estimate of drug-likeness (QED) is 0.792. The molecule has 1 N–H and O–H groups in total. The Morgan fingerprint density at radius 3 is 2.76 bits per heavy atom. The molecule has 0 aliphatic rings. The largest absolute Gasteiger partial charge is 0.486 e. The second-order valence-electron chi connectivity index (χ2n) is 5.10. The number of aryl methyl sites for hydroxylation is 1. The van der Waals surface area contributed by atoms with Gasteiger partial charge in [0.1, 0.15) is 23.8 Å². The third-order valence-corrected chi connectivity index (χ3v) is 3.40. The Hall–Kier alpha value is -2.33. The van der Waals surface area contributed by atoms with Crippen LogP contribution < -0.4 is 4.74 Å². The number of hydrogen-bond acceptors (Lipinski definition) is 4. The third-order valence-electron chi connectivity index (χ3n) is 3.40. The summed E-state index contributed by atoms with van der Waals surface area (Å²) in [4.78, 5) is 0. The highest BCUT2D eigenvalue weighted by Crippen LogP contribution is 2.34. The van der Waals surface area contributed by atoms with Crippen LogP contribution in [0.4, 0.5) is 0 Å². The van der Waals surface area contributed by atoms with E-state index in [1.54, 1.807) is 6.92 Å². The van der Waals surface area contributed by atoms with E-state index in [1.807, 2.05) is 49.4 Å². The van der Waals surface area contributed by atoms with E-state index >= 15 is 0 Å². The highest BCUT2D eigenvalue weighted by molar-refractivity contribution is 5.89. The van der Waals surface area contributed by atoms with E-state index in [9.17, 15) is 5.11 Å². The molecule has 3 rings (SSSR count). The van der Waals surface area contributed by atoms with E-state index in [0.29, 0.717) is 12.4 Å². The lowest BCUT2D eigenvalue weighted by Crippen LogP contribution is -2.02. The monoisotopic (exact) mass is 283 g/mol. The molecule has 0 fully saturated rings. The number of rotatable bonds is 4. The minimum atomic E-state index is -0.594. The van der Waals surface area contributed by atoms with Gasteiger partial charge in [-0.1, -0.05) is 41.6 Å². The van der Waals surface area contributed by atoms with Crippen LogP contribution in [-0.4, -0.2) is 10.3 Å². The molecule has 4 heteroatoms. The lowest BCUT2D eigenvalue weighted by Gasteiger charge is -2.15. The van der Waals surface area contributed by atoms with Crippen molar-refractivity contribution in [3.8, 4) is 5.75 Å². The van der Waals surface area contributed by atoms with Gasteiger partial charge in [0.05, 0.1) is 6.10 Å². The normalized spacial score (nSPS) is 12.5. The number of hydrogen-bond donors (Lipinski definition) is 1. The summed E-state index contributed by atoms with van der Waals surface area (Å²) in [6, 6.07) is 13.7. The van der Waals surface area contributed by atoms with Crippen LogP contribution >= 0.6 is 0 Å². The van der Waals surface area contributed by atoms with Gasteiger partial charge in [-0.05, 0) is 19.2 Å². The summed E-state index contributed by atoms with van der Waals surface area (Å²) in [5.41, 5.74) is 1.51. The molecule has 0 spiro atoms. The highest BCUT2D eigenvalue weighted by atomic mass is 16.5. The van der Waals surface area contributed by atoms with Crippen molar-refractivity contribution in [1.82, 2.24) is 5.16 Å². The van der Waals surface area contributed by atoms with Gasteiger partial charge in [-0.15, -0.1) is 0 Å². The van der Waals surface area contributed by atoms with Gasteiger partial charge in [0, 0.05) is 17.0 Å². The average Bonchev–Trinajstić information content (AvgIpc) is 2.90. The molecule has 108 valence electrons. The Bertz CT molecular complexity index is 762. The minimum Gasteiger partial charge on any atom is -0.486 e. The number of nitrogens with zero attached hydrogens (tertiary/aromatic N) is 1. The average molecular weight is 283 g/mol. The van der Waals surface area contributed by atoms with E-state index in [0.717, 1.165) is 27.8 Å². The summed E-state index contributed by atoms with van der Waals surface area (Å²) in [5.74, 6) is 1.45. The van der Waals surface area contributed by atoms with Crippen LogP contribution in [0.2, 0.25) is 0 Å². The molecule has 0 amide bonds. The fourth-order valence-electron chi connectivity index (χ4n) is 2.38. The molecule has 0 saturated heterocycles. The maximum atomic E-state index is 9.95. The van der Waals surface area contributed by atoms with Crippen molar-refractivity contribution in [2.75, 3.05) is 0 Å². The summed E-state index contributed by atoms with van der Waals surface area (Å²) in [6.07, 6.45) is -0.594. The van der Waals surface area contributed by atoms with E-state index in [1.165, 1.54) is 0 Å². The van der Waals surface area contributed by atoms with Crippen molar-refractivity contribution < 1.29 is 14.4 Å². The minimum absolute atomic E-state index is 0.311. The van der Waals surface area contributed by atoms with Crippen molar-refractivity contribution in [2.45, 2.75) is 26.6 Å². The molecule has 1 atom stereocenters. The Balaban J connectivity index is 1.99. The highest BCUT2D eigenvalue weighted by Gasteiger charge is 2.14. The van der Waals surface area contributed by atoms with E-state index in [-0.39, 0.29) is 0 Å². The van der Waals surface area contributed by atoms with Gasteiger partial charge in [0.2, 0.25) is 0 Å². The molecule has 1 heterocycles. The van der Waals surface area contributed by atoms with Crippen molar-refractivity contribution in [3.63, 3.8) is 0 Å². The van der Waals surface area contributed by atoms with Gasteiger partial charge in [-0.25, -0.2) is 0 Å². The SMILES string of the molecule is Cc1cc(COc2c([C@H](C)O)ccc3ccccc23)no1. The summed E-state index contributed by atoms with van der Waals surface area (Å²) < 4.78 is 11.0. The number of aromatic nitrogens is 1. The fourth-order valence-corrected chi connectivity index (χ4v) is 2.38. The zero-order valence-electron chi connectivity index (χ0n) is 12.0. The number of fused-ring (bicyclic) bond motifs is 1. The smallest absolute Gasteiger partial charge is 0.134 e. The topological polar surface area (TPSA) is 55.5 Å². The molecule has 0 saturated carbocycles. The Morgan fingerprint density at radius 2 is 2.05 bits per heavy atom. The Labute approximate surface area is 123 Å². The van der Waals surface area contributed by atoms with Crippen molar-refractivity contribution in [2.24, 2.45) is 0 Å². The summed E-state index contributed by atoms with van der Waals surface area (Å²) >= 11 is 0. The molecule has 0 radical (unpaired) electrons. The van der Waals surface area contributed by atoms with Crippen molar-refractivity contribution in [1.29, 1.82) is 0 Å². The van der Waals surface area contributed by atoms with Gasteiger partial charge in [-0.3, -0.25) is 0 Å². The lowest BCUT2D eigenvalue weighted by atomic mass is 10.0. The molecular formula is C17H17NO3. The molecule has 4 nitrogen and oxygen atoms in total. The molecule has 0 aliphatic carbocycles. The molecule has 2 aromatic carbocycles. The maximum Gasteiger partial charge on any atom is 0.134 e. The first-order chi connectivity index (χ1) is 10.1. The molecule has 0 bridgehead atoms. The van der Waals surface area contributed by atoms with Gasteiger partial charge in [0.25, 0.3) is 0 Å². The van der Waals surface area contributed by atoms with Crippen LogP contribution in [0.5, 0.6) is 5.75 Å². The molecule has 3 aromatic rings. The molecule has 21 heavy (non-hydrogen) atoms. The van der Waals surface area contributed by atoms with E-state index in [4.69, 9.17) is 9.26 Å². The second kappa shape index (κ2) is 5.58. The summed E-state index contributed by atoms with van der Waals surface area (Å²) in [7, 11) is 0.